The Balaban J connectivity index is 1.34. The summed E-state index contributed by atoms with van der Waals surface area (Å²) in [6.45, 7) is 7.87. The molecule has 0 aromatic heterocycles. The van der Waals surface area contributed by atoms with Crippen molar-refractivity contribution in [3.8, 4) is 11.5 Å². The molecule has 1 saturated heterocycles. The first-order chi connectivity index (χ1) is 17.0. The third-order valence-electron chi connectivity index (χ3n) is 8.09. The number of carbonyl (C=O) groups excluding carboxylic acids is 1. The molecule has 1 N–H and O–H groups in total. The van der Waals surface area contributed by atoms with Gasteiger partial charge in [-0.2, -0.15) is 0 Å². The molecule has 4 atom stereocenters. The lowest BCUT2D eigenvalue weighted by Crippen LogP contribution is -2.47. The van der Waals surface area contributed by atoms with E-state index < -0.39 is 0 Å². The molecule has 3 heterocycles. The van der Waals surface area contributed by atoms with E-state index in [0.717, 1.165) is 49.4 Å². The van der Waals surface area contributed by atoms with Crippen molar-refractivity contribution < 1.29 is 19.0 Å². The van der Waals surface area contributed by atoms with Crippen molar-refractivity contribution >= 4 is 5.97 Å². The minimum Gasteiger partial charge on any atom is -0.493 e. The standard InChI is InChI=1S/C29H38N2O4/c1-18(2)11-21-16-31-10-9-19-13-26(33-3)27(34-4)14-24(19)25(31)12-22(21)17-35-29(32)28-23-8-6-5-7-20(23)15-30-28/h5-8,13-14,18,21-22,25,28,30H,9-12,15-17H2,1-4H3/t21-,22+,25-,28?/m1/s1. The maximum Gasteiger partial charge on any atom is 0.327 e. The topological polar surface area (TPSA) is 60.0 Å². The van der Waals surface area contributed by atoms with Gasteiger partial charge in [0.2, 0.25) is 0 Å². The first-order valence-electron chi connectivity index (χ1n) is 12.9. The molecule has 0 bridgehead atoms. The maximum atomic E-state index is 13.1. The number of methoxy groups -OCH3 is 2. The van der Waals surface area contributed by atoms with Gasteiger partial charge in [0.25, 0.3) is 0 Å². The first-order valence-corrected chi connectivity index (χ1v) is 12.9. The number of carbonyl (C=O) groups is 1. The molecule has 3 aliphatic rings. The van der Waals surface area contributed by atoms with Crippen LogP contribution in [0.5, 0.6) is 11.5 Å². The molecule has 0 saturated carbocycles. The van der Waals surface area contributed by atoms with Crippen molar-refractivity contribution in [2.45, 2.75) is 51.7 Å². The zero-order valence-corrected chi connectivity index (χ0v) is 21.4. The van der Waals surface area contributed by atoms with Gasteiger partial charge in [-0.25, -0.2) is 4.79 Å². The number of rotatable bonds is 7. The number of nitrogens with zero attached hydrogens (tertiary/aromatic N) is 1. The van der Waals surface area contributed by atoms with Crippen molar-refractivity contribution in [1.29, 1.82) is 0 Å². The molecule has 6 nitrogen and oxygen atoms in total. The lowest BCUT2D eigenvalue weighted by Gasteiger charge is -2.47. The molecular formula is C29H38N2O4. The summed E-state index contributed by atoms with van der Waals surface area (Å²) in [7, 11) is 3.39. The Morgan fingerprint density at radius 2 is 1.83 bits per heavy atom. The monoisotopic (exact) mass is 478 g/mol. The fraction of sp³-hybridized carbons (Fsp3) is 0.552. The number of hydrogen-bond acceptors (Lipinski definition) is 6. The van der Waals surface area contributed by atoms with Gasteiger partial charge >= 0.3 is 5.97 Å². The Morgan fingerprint density at radius 3 is 2.60 bits per heavy atom. The van der Waals surface area contributed by atoms with Crippen LogP contribution in [0.3, 0.4) is 0 Å². The Hall–Kier alpha value is -2.57. The van der Waals surface area contributed by atoms with E-state index in [1.54, 1.807) is 14.2 Å². The highest BCUT2D eigenvalue weighted by Crippen LogP contribution is 2.45. The Morgan fingerprint density at radius 1 is 1.06 bits per heavy atom. The second kappa shape index (κ2) is 10.2. The number of esters is 1. The van der Waals surface area contributed by atoms with Gasteiger partial charge in [-0.05, 0) is 71.4 Å². The number of nitrogens with one attached hydrogen (secondary N) is 1. The van der Waals surface area contributed by atoms with Crippen molar-refractivity contribution in [3.05, 3.63) is 58.7 Å². The molecule has 1 fully saturated rings. The SMILES string of the molecule is COc1cc2c(cc1OC)[C@H]1C[C@@H](COC(=O)C3NCc4ccccc43)[C@H](CC(C)C)CN1CC2. The van der Waals surface area contributed by atoms with Crippen LogP contribution in [0.4, 0.5) is 0 Å². The summed E-state index contributed by atoms with van der Waals surface area (Å²) in [6, 6.07) is 12.4. The lowest BCUT2D eigenvalue weighted by molar-refractivity contribution is -0.149. The van der Waals surface area contributed by atoms with E-state index >= 15 is 0 Å². The Kier molecular flexibility index (Phi) is 7.03. The van der Waals surface area contributed by atoms with Gasteiger partial charge in [-0.1, -0.05) is 38.1 Å². The molecule has 3 aliphatic heterocycles. The number of hydrogen-bond donors (Lipinski definition) is 1. The smallest absolute Gasteiger partial charge is 0.327 e. The van der Waals surface area contributed by atoms with Gasteiger partial charge in [0.15, 0.2) is 11.5 Å². The van der Waals surface area contributed by atoms with Crippen LogP contribution >= 0.6 is 0 Å². The second-order valence-corrected chi connectivity index (χ2v) is 10.7. The number of benzene rings is 2. The zero-order valence-electron chi connectivity index (χ0n) is 21.4. The summed E-state index contributed by atoms with van der Waals surface area (Å²) in [5.74, 6) is 2.88. The lowest BCUT2D eigenvalue weighted by atomic mass is 9.74. The molecule has 0 spiro atoms. The molecule has 6 heteroatoms. The van der Waals surface area contributed by atoms with Crippen LogP contribution in [0, 0.1) is 17.8 Å². The molecule has 2 aromatic rings. The number of fused-ring (bicyclic) bond motifs is 4. The fourth-order valence-electron chi connectivity index (χ4n) is 6.36. The van der Waals surface area contributed by atoms with E-state index in [9.17, 15) is 4.79 Å². The van der Waals surface area contributed by atoms with Crippen molar-refractivity contribution in [3.63, 3.8) is 0 Å². The Labute approximate surface area is 208 Å². The van der Waals surface area contributed by atoms with Gasteiger partial charge in [0.05, 0.1) is 20.8 Å². The molecule has 5 rings (SSSR count). The molecular weight excluding hydrogens is 440 g/mol. The average Bonchev–Trinajstić information content (AvgIpc) is 3.30. The summed E-state index contributed by atoms with van der Waals surface area (Å²) in [5, 5.41) is 3.33. The molecule has 188 valence electrons. The average molecular weight is 479 g/mol. The fourth-order valence-corrected chi connectivity index (χ4v) is 6.36. The van der Waals surface area contributed by atoms with E-state index in [1.165, 1.54) is 16.7 Å². The molecule has 0 aliphatic carbocycles. The van der Waals surface area contributed by atoms with Crippen molar-refractivity contribution in [2.75, 3.05) is 33.9 Å². The summed E-state index contributed by atoms with van der Waals surface area (Å²) < 4.78 is 17.2. The third-order valence-corrected chi connectivity index (χ3v) is 8.09. The first kappa shape index (κ1) is 24.1. The quantitative estimate of drug-likeness (QED) is 0.584. The predicted octanol–water partition coefficient (Wildman–Crippen LogP) is 4.67. The van der Waals surface area contributed by atoms with Crippen LogP contribution in [0.2, 0.25) is 0 Å². The summed E-state index contributed by atoms with van der Waals surface area (Å²) >= 11 is 0. The van der Waals surface area contributed by atoms with E-state index in [1.807, 2.05) is 18.2 Å². The van der Waals surface area contributed by atoms with Gasteiger partial charge in [0.1, 0.15) is 6.04 Å². The van der Waals surface area contributed by atoms with E-state index in [0.29, 0.717) is 36.9 Å². The van der Waals surface area contributed by atoms with Gasteiger partial charge in [0, 0.05) is 25.7 Å². The van der Waals surface area contributed by atoms with E-state index in [-0.39, 0.29) is 12.0 Å². The van der Waals surface area contributed by atoms with Gasteiger partial charge in [-0.15, -0.1) is 0 Å². The maximum absolute atomic E-state index is 13.1. The summed E-state index contributed by atoms with van der Waals surface area (Å²) in [5.41, 5.74) is 4.91. The number of piperidine rings is 1. The molecule has 2 aromatic carbocycles. The van der Waals surface area contributed by atoms with Crippen LogP contribution < -0.4 is 14.8 Å². The van der Waals surface area contributed by atoms with Crippen LogP contribution in [0.15, 0.2) is 36.4 Å². The summed E-state index contributed by atoms with van der Waals surface area (Å²) in [4.78, 5) is 15.7. The largest absolute Gasteiger partial charge is 0.493 e. The molecule has 0 radical (unpaired) electrons. The van der Waals surface area contributed by atoms with Gasteiger partial charge < -0.3 is 14.2 Å². The van der Waals surface area contributed by atoms with Crippen LogP contribution in [0.25, 0.3) is 0 Å². The highest BCUT2D eigenvalue weighted by Gasteiger charge is 2.40. The minimum atomic E-state index is -0.359. The van der Waals surface area contributed by atoms with Crippen LogP contribution in [-0.4, -0.2) is 44.8 Å². The summed E-state index contributed by atoms with van der Waals surface area (Å²) in [6.07, 6.45) is 3.16. The normalized spacial score (nSPS) is 25.5. The second-order valence-electron chi connectivity index (χ2n) is 10.7. The van der Waals surface area contributed by atoms with Gasteiger partial charge in [-0.3, -0.25) is 10.2 Å². The third kappa shape index (κ3) is 4.78. The predicted molar refractivity (Wildman–Crippen MR) is 136 cm³/mol. The van der Waals surface area contributed by atoms with Crippen LogP contribution in [-0.2, 0) is 22.5 Å². The van der Waals surface area contributed by atoms with Crippen LogP contribution in [0.1, 0.15) is 61.0 Å². The van der Waals surface area contributed by atoms with E-state index in [2.05, 4.69) is 42.3 Å². The van der Waals surface area contributed by atoms with E-state index in [4.69, 9.17) is 14.2 Å². The number of ether oxygens (including phenoxy) is 3. The van der Waals surface area contributed by atoms with Crippen molar-refractivity contribution in [2.24, 2.45) is 17.8 Å². The highest BCUT2D eigenvalue weighted by atomic mass is 16.5. The highest BCUT2D eigenvalue weighted by molar-refractivity contribution is 5.79. The molecule has 0 amide bonds. The molecule has 35 heavy (non-hydrogen) atoms. The zero-order chi connectivity index (χ0) is 24.5. The minimum absolute atomic E-state index is 0.156. The Bertz CT molecular complexity index is 1070. The van der Waals surface area contributed by atoms with Crippen molar-refractivity contribution in [1.82, 2.24) is 10.2 Å². The molecule has 1 unspecified atom stereocenters.